The molecule has 3 aromatic heterocycles. The summed E-state index contributed by atoms with van der Waals surface area (Å²) in [5.41, 5.74) is 1.70. The van der Waals surface area contributed by atoms with Gasteiger partial charge in [0.05, 0.1) is 52.1 Å². The Kier molecular flexibility index (Phi) is 7.62. The van der Waals surface area contributed by atoms with E-state index in [0.29, 0.717) is 33.2 Å². The van der Waals surface area contributed by atoms with Gasteiger partial charge in [-0.1, -0.05) is 11.6 Å². The Morgan fingerprint density at radius 3 is 2.59 bits per heavy atom. The van der Waals surface area contributed by atoms with Crippen molar-refractivity contribution in [3.05, 3.63) is 41.4 Å². The third kappa shape index (κ3) is 6.30. The number of pyridine rings is 1. The van der Waals surface area contributed by atoms with Gasteiger partial charge in [0.15, 0.2) is 5.65 Å². The van der Waals surface area contributed by atoms with E-state index in [1.54, 1.807) is 36.8 Å². The molecule has 3 aromatic rings. The fourth-order valence-electron chi connectivity index (χ4n) is 3.62. The highest BCUT2D eigenvalue weighted by Gasteiger charge is 2.34. The summed E-state index contributed by atoms with van der Waals surface area (Å²) in [6, 6.07) is 1.82. The molecule has 0 bridgehead atoms. The smallest absolute Gasteiger partial charge is 0.255 e. The topological polar surface area (TPSA) is 93.4 Å². The van der Waals surface area contributed by atoms with E-state index in [1.807, 2.05) is 37.4 Å². The maximum Gasteiger partial charge on any atom is 0.255 e. The lowest BCUT2D eigenvalue weighted by Gasteiger charge is -2.36. The van der Waals surface area contributed by atoms with Gasteiger partial charge in [-0.3, -0.25) is 9.78 Å². The van der Waals surface area contributed by atoms with Gasteiger partial charge in [0.25, 0.3) is 5.91 Å². The average molecular weight is 484 g/mol. The number of nitrogens with zero attached hydrogens (tertiary/aromatic N) is 4. The number of aromatic nitrogens is 4. The Labute approximate surface area is 206 Å². The lowest BCUT2D eigenvalue weighted by Crippen LogP contribution is -2.51. The van der Waals surface area contributed by atoms with Gasteiger partial charge in [-0.25, -0.2) is 13.9 Å². The summed E-state index contributed by atoms with van der Waals surface area (Å²) in [7, 11) is 5.60. The molecule has 0 saturated carbocycles. The molecule has 0 spiro atoms. The van der Waals surface area contributed by atoms with E-state index < -0.39 is 23.0 Å². The van der Waals surface area contributed by atoms with Crippen molar-refractivity contribution in [2.75, 3.05) is 11.9 Å². The van der Waals surface area contributed by atoms with Crippen molar-refractivity contribution in [1.29, 1.82) is 0 Å². The van der Waals surface area contributed by atoms with E-state index in [2.05, 4.69) is 25.7 Å². The predicted molar refractivity (Wildman–Crippen MR) is 141 cm³/mol. The van der Waals surface area contributed by atoms with Crippen LogP contribution in [0.3, 0.4) is 0 Å². The van der Waals surface area contributed by atoms with E-state index in [4.69, 9.17) is 16.3 Å². The number of alkyl halides is 1. The molecular formula is C21H29B3ClFN6O2. The molecule has 0 aliphatic rings. The number of amides is 1. The molecule has 2 N–H and O–H groups in total. The molecule has 1 unspecified atom stereocenters. The number of carbonyl (C=O) groups excluding carboxylic acids is 1. The zero-order chi connectivity index (χ0) is 25.3. The predicted octanol–water partition coefficient (Wildman–Crippen LogP) is 0.639. The largest absolute Gasteiger partial charge is 0.392 e. The SMILES string of the molecule is BC(B)(B)OC(C)(C)C(F)CNC(=O)c1cnc(-c2cnn3cc(Cl)cnc23)cc1NC(C)C. The van der Waals surface area contributed by atoms with Crippen LogP contribution >= 0.6 is 11.6 Å². The highest BCUT2D eigenvalue weighted by molar-refractivity contribution is 6.58. The number of nitrogens with one attached hydrogen (secondary N) is 2. The Balaban J connectivity index is 1.84. The van der Waals surface area contributed by atoms with Crippen molar-refractivity contribution in [2.45, 2.75) is 50.8 Å². The standard InChI is InChI=1S/C21H29B3ClFN6O2/c1-11(2)31-16-5-15(13-8-30-32-10-12(25)6-28-18(13)32)27-7-14(16)19(33)29-9-17(26)20(3,4)34-21(22,23)24/h5-8,10-11,17H,9,22-24H2,1-4H3,(H,27,31)(H,29,33). The second-order valence-electron chi connectivity index (χ2n) is 10.0. The minimum atomic E-state index is -1.40. The van der Waals surface area contributed by atoms with Crippen molar-refractivity contribution >= 4 is 52.4 Å². The number of carbonyl (C=O) groups is 1. The fraction of sp³-hybridized carbons (Fsp3) is 0.429. The highest BCUT2D eigenvalue weighted by atomic mass is 35.5. The third-order valence-electron chi connectivity index (χ3n) is 4.96. The molecule has 13 heteroatoms. The van der Waals surface area contributed by atoms with Crippen molar-refractivity contribution in [2.24, 2.45) is 0 Å². The molecule has 0 aromatic carbocycles. The minimum absolute atomic E-state index is 0.0516. The molecule has 0 aliphatic heterocycles. The summed E-state index contributed by atoms with van der Waals surface area (Å²) in [5, 5.41) is 10.2. The van der Waals surface area contributed by atoms with Gasteiger partial charge >= 0.3 is 0 Å². The molecule has 1 atom stereocenters. The van der Waals surface area contributed by atoms with Crippen LogP contribution in [0, 0.1) is 0 Å². The monoisotopic (exact) mass is 484 g/mol. The molecule has 1 amide bonds. The van der Waals surface area contributed by atoms with E-state index in [1.165, 1.54) is 12.4 Å². The molecule has 3 rings (SSSR count). The lowest BCUT2D eigenvalue weighted by atomic mass is 9.52. The third-order valence-corrected chi connectivity index (χ3v) is 5.15. The van der Waals surface area contributed by atoms with Crippen molar-refractivity contribution in [3.8, 4) is 11.3 Å². The van der Waals surface area contributed by atoms with E-state index in [0.717, 1.165) is 0 Å². The minimum Gasteiger partial charge on any atom is -0.392 e. The second kappa shape index (κ2) is 9.95. The van der Waals surface area contributed by atoms with Gasteiger partial charge in [-0.05, 0) is 39.1 Å². The molecular weight excluding hydrogens is 455 g/mol. The first-order valence-corrected chi connectivity index (χ1v) is 11.5. The first kappa shape index (κ1) is 26.0. The van der Waals surface area contributed by atoms with Crippen LogP contribution in [0.1, 0.15) is 38.1 Å². The number of fused-ring (bicyclic) bond motifs is 1. The van der Waals surface area contributed by atoms with Crippen molar-refractivity contribution in [3.63, 3.8) is 0 Å². The van der Waals surface area contributed by atoms with Crippen molar-refractivity contribution < 1.29 is 13.9 Å². The van der Waals surface area contributed by atoms with E-state index in [-0.39, 0.29) is 12.6 Å². The van der Waals surface area contributed by atoms with Crippen molar-refractivity contribution in [1.82, 2.24) is 24.9 Å². The Hall–Kier alpha value is -2.59. The number of rotatable bonds is 9. The van der Waals surface area contributed by atoms with Crippen LogP contribution in [0.2, 0.25) is 5.02 Å². The first-order valence-electron chi connectivity index (χ1n) is 11.1. The van der Waals surface area contributed by atoms with Gasteiger partial charge in [-0.2, -0.15) is 5.10 Å². The number of anilines is 1. The molecule has 0 radical (unpaired) electrons. The molecule has 3 heterocycles. The zero-order valence-corrected chi connectivity index (χ0v) is 21.4. The van der Waals surface area contributed by atoms with Crippen LogP contribution in [0.4, 0.5) is 10.1 Å². The van der Waals surface area contributed by atoms with Crippen LogP contribution in [0.25, 0.3) is 16.9 Å². The number of hydrogen-bond donors (Lipinski definition) is 2. The fourth-order valence-corrected chi connectivity index (χ4v) is 3.76. The quantitative estimate of drug-likeness (QED) is 0.433. The normalized spacial score (nSPS) is 13.3. The Morgan fingerprint density at radius 1 is 1.24 bits per heavy atom. The zero-order valence-electron chi connectivity index (χ0n) is 20.6. The second-order valence-corrected chi connectivity index (χ2v) is 10.4. The van der Waals surface area contributed by atoms with Crippen LogP contribution < -0.4 is 10.6 Å². The summed E-state index contributed by atoms with van der Waals surface area (Å²) in [5.74, 6) is -0.429. The Bertz CT molecular complexity index is 1190. The van der Waals surface area contributed by atoms with Crippen LogP contribution in [0.5, 0.6) is 0 Å². The summed E-state index contributed by atoms with van der Waals surface area (Å²) >= 11 is 6.00. The van der Waals surface area contributed by atoms with Gasteiger partial charge in [0.2, 0.25) is 0 Å². The van der Waals surface area contributed by atoms with Gasteiger partial charge < -0.3 is 15.4 Å². The molecule has 8 nitrogen and oxygen atoms in total. The summed E-state index contributed by atoms with van der Waals surface area (Å²) in [6.07, 6.45) is 4.90. The maximum absolute atomic E-state index is 14.9. The number of hydrogen-bond acceptors (Lipinski definition) is 6. The van der Waals surface area contributed by atoms with Gasteiger partial charge in [-0.15, -0.1) is 0 Å². The molecule has 34 heavy (non-hydrogen) atoms. The number of halogens is 2. The van der Waals surface area contributed by atoms with E-state index in [9.17, 15) is 9.18 Å². The number of ether oxygens (including phenoxy) is 1. The van der Waals surface area contributed by atoms with E-state index >= 15 is 0 Å². The maximum atomic E-state index is 14.9. The van der Waals surface area contributed by atoms with Crippen LogP contribution in [-0.2, 0) is 4.74 Å². The highest BCUT2D eigenvalue weighted by Crippen LogP contribution is 2.27. The molecule has 178 valence electrons. The molecule has 0 fully saturated rings. The lowest BCUT2D eigenvalue weighted by molar-refractivity contribution is -0.0753. The summed E-state index contributed by atoms with van der Waals surface area (Å²) < 4.78 is 22.3. The first-order chi connectivity index (χ1) is 15.8. The van der Waals surface area contributed by atoms with Crippen LogP contribution in [-0.4, -0.2) is 78.7 Å². The summed E-state index contributed by atoms with van der Waals surface area (Å²) in [6.45, 7) is 7.09. The average Bonchev–Trinajstić information content (AvgIpc) is 3.12. The molecule has 0 aliphatic carbocycles. The van der Waals surface area contributed by atoms with Gasteiger partial charge in [0.1, 0.15) is 29.7 Å². The summed E-state index contributed by atoms with van der Waals surface area (Å²) in [4.78, 5) is 21.8. The van der Waals surface area contributed by atoms with Crippen LogP contribution in [0.15, 0.2) is 30.9 Å². The van der Waals surface area contributed by atoms with Gasteiger partial charge in [0, 0.05) is 18.4 Å². The Morgan fingerprint density at radius 2 is 1.94 bits per heavy atom. The molecule has 0 saturated heterocycles.